The lowest BCUT2D eigenvalue weighted by molar-refractivity contribution is -0.166. The zero-order valence-corrected chi connectivity index (χ0v) is 39.6. The molecule has 0 aromatic rings. The van der Waals surface area contributed by atoms with Gasteiger partial charge in [-0.2, -0.15) is 0 Å². The Balaban J connectivity index is 4.61. The van der Waals surface area contributed by atoms with Crippen LogP contribution >= 0.6 is 0 Å². The van der Waals surface area contributed by atoms with E-state index in [1.165, 1.54) is 51.4 Å². The quantitative estimate of drug-likeness (QED) is 0.0263. The maximum absolute atomic E-state index is 12.7. The summed E-state index contributed by atoms with van der Waals surface area (Å²) < 4.78 is 16.6. The van der Waals surface area contributed by atoms with Crippen molar-refractivity contribution in [3.05, 3.63) is 122 Å². The van der Waals surface area contributed by atoms with E-state index < -0.39 is 12.1 Å². The molecule has 0 aliphatic rings. The van der Waals surface area contributed by atoms with Gasteiger partial charge in [0.2, 0.25) is 0 Å². The Hall–Kier alpha value is -4.19. The first kappa shape index (κ1) is 57.8. The van der Waals surface area contributed by atoms with Crippen LogP contribution in [0.5, 0.6) is 0 Å². The van der Waals surface area contributed by atoms with Gasteiger partial charge in [-0.25, -0.2) is 0 Å². The number of ether oxygens (including phenoxy) is 3. The molecule has 0 saturated carbocycles. The molecule has 1 unspecified atom stereocenters. The van der Waals surface area contributed by atoms with Crippen molar-refractivity contribution in [3.8, 4) is 0 Å². The monoisotopic (exact) mass is 857 g/mol. The Morgan fingerprint density at radius 2 is 0.694 bits per heavy atom. The molecule has 0 saturated heterocycles. The zero-order chi connectivity index (χ0) is 45.1. The van der Waals surface area contributed by atoms with Crippen molar-refractivity contribution in [2.45, 2.75) is 200 Å². The number of carbonyl (C=O) groups is 3. The molecule has 0 spiro atoms. The van der Waals surface area contributed by atoms with Crippen molar-refractivity contribution in [1.29, 1.82) is 0 Å². The highest BCUT2D eigenvalue weighted by molar-refractivity contribution is 5.71. The van der Waals surface area contributed by atoms with Crippen molar-refractivity contribution in [2.75, 3.05) is 13.2 Å². The fourth-order valence-corrected chi connectivity index (χ4v) is 5.99. The minimum absolute atomic E-state index is 0.133. The Morgan fingerprint density at radius 1 is 0.339 bits per heavy atom. The number of rotatable bonds is 42. The third-order valence-corrected chi connectivity index (χ3v) is 9.68. The molecule has 348 valence electrons. The zero-order valence-electron chi connectivity index (χ0n) is 39.6. The molecule has 6 nitrogen and oxygen atoms in total. The molecule has 0 aromatic heterocycles. The minimum atomic E-state index is -0.845. The topological polar surface area (TPSA) is 78.9 Å². The maximum atomic E-state index is 12.7. The number of unbranched alkanes of at least 4 members (excludes halogenated alkanes) is 11. The molecule has 0 heterocycles. The summed E-state index contributed by atoms with van der Waals surface area (Å²) in [5.41, 5.74) is 0. The predicted octanol–water partition coefficient (Wildman–Crippen LogP) is 16.1. The highest BCUT2D eigenvalue weighted by atomic mass is 16.6. The summed E-state index contributed by atoms with van der Waals surface area (Å²) in [6.45, 7) is 6.31. The van der Waals surface area contributed by atoms with Gasteiger partial charge in [0.25, 0.3) is 0 Å². The highest BCUT2D eigenvalue weighted by Crippen LogP contribution is 2.11. The molecule has 0 N–H and O–H groups in total. The second-order valence-electron chi connectivity index (χ2n) is 15.6. The maximum Gasteiger partial charge on any atom is 0.306 e. The molecule has 0 rings (SSSR count). The van der Waals surface area contributed by atoms with E-state index in [0.29, 0.717) is 19.3 Å². The van der Waals surface area contributed by atoms with Crippen LogP contribution < -0.4 is 0 Å². The molecule has 0 aliphatic carbocycles. The second kappa shape index (κ2) is 49.5. The first-order chi connectivity index (χ1) is 30.5. The van der Waals surface area contributed by atoms with Crippen LogP contribution in [0.15, 0.2) is 122 Å². The summed E-state index contributed by atoms with van der Waals surface area (Å²) in [7, 11) is 0. The molecule has 0 aromatic carbocycles. The van der Waals surface area contributed by atoms with E-state index in [2.05, 4.69) is 130 Å². The lowest BCUT2D eigenvalue weighted by atomic mass is 10.1. The van der Waals surface area contributed by atoms with Gasteiger partial charge in [0, 0.05) is 19.3 Å². The fraction of sp³-hybridized carbons (Fsp3) is 0.589. The average molecular weight is 857 g/mol. The van der Waals surface area contributed by atoms with Crippen LogP contribution in [0.25, 0.3) is 0 Å². The van der Waals surface area contributed by atoms with Gasteiger partial charge < -0.3 is 14.2 Å². The first-order valence-electron chi connectivity index (χ1n) is 24.5. The molecule has 62 heavy (non-hydrogen) atoms. The van der Waals surface area contributed by atoms with Crippen LogP contribution in [0, 0.1) is 0 Å². The van der Waals surface area contributed by atoms with E-state index in [9.17, 15) is 14.4 Å². The molecule has 0 fully saturated rings. The average Bonchev–Trinajstić information content (AvgIpc) is 3.27. The summed E-state index contributed by atoms with van der Waals surface area (Å²) >= 11 is 0. The van der Waals surface area contributed by atoms with Crippen LogP contribution in [0.4, 0.5) is 0 Å². The van der Waals surface area contributed by atoms with E-state index in [-0.39, 0.29) is 38.0 Å². The third kappa shape index (κ3) is 46.9. The summed E-state index contributed by atoms with van der Waals surface area (Å²) in [5, 5.41) is 0. The number of carbonyl (C=O) groups excluding carboxylic acids is 3. The largest absolute Gasteiger partial charge is 0.462 e. The Bertz CT molecular complexity index is 1350. The van der Waals surface area contributed by atoms with Crippen molar-refractivity contribution in [2.24, 2.45) is 0 Å². The standard InChI is InChI=1S/C56H88O6/c1-4-7-10-13-16-19-22-24-26-28-30-31-34-37-40-43-46-49-55(58)61-52-53(51-60-54(57)48-45-42-39-36-33-21-18-15-12-9-6-3)62-56(59)50-47-44-41-38-35-32-29-27-25-23-20-17-14-11-8-5-2/h8,11,15-20,24-27,30-32,35,37,40-41,44,53H,4-7,9-10,12-14,21-23,28-29,33-34,36,38-39,42-43,45-52H2,1-3H3/b11-8-,18-15-,19-16-,20-17-,26-24-,27-25-,31-30-,35-32-,40-37-,44-41-. The van der Waals surface area contributed by atoms with Gasteiger partial charge in [-0.1, -0.05) is 187 Å². The van der Waals surface area contributed by atoms with E-state index in [0.717, 1.165) is 89.9 Å². The number of esters is 3. The normalized spacial score (nSPS) is 13.1. The Morgan fingerprint density at radius 3 is 1.18 bits per heavy atom. The van der Waals surface area contributed by atoms with Gasteiger partial charge in [0.15, 0.2) is 6.10 Å². The third-order valence-electron chi connectivity index (χ3n) is 9.68. The van der Waals surface area contributed by atoms with Crippen LogP contribution in [0.1, 0.15) is 194 Å². The van der Waals surface area contributed by atoms with Crippen LogP contribution in [-0.2, 0) is 28.6 Å². The summed E-state index contributed by atoms with van der Waals surface area (Å²) in [6, 6.07) is 0. The van der Waals surface area contributed by atoms with Gasteiger partial charge in [0.05, 0.1) is 0 Å². The summed E-state index contributed by atoms with van der Waals surface area (Å²) in [6.07, 6.45) is 67.7. The van der Waals surface area contributed by atoms with E-state index in [1.807, 2.05) is 12.2 Å². The molecule has 0 amide bonds. The Labute approximate surface area is 380 Å². The minimum Gasteiger partial charge on any atom is -0.462 e. The second-order valence-corrected chi connectivity index (χ2v) is 15.6. The van der Waals surface area contributed by atoms with E-state index >= 15 is 0 Å². The molecular weight excluding hydrogens is 769 g/mol. The Kier molecular flexibility index (Phi) is 46.1. The van der Waals surface area contributed by atoms with Crippen molar-refractivity contribution in [3.63, 3.8) is 0 Å². The molecular formula is C56H88O6. The van der Waals surface area contributed by atoms with Crippen molar-refractivity contribution in [1.82, 2.24) is 0 Å². The number of hydrogen-bond acceptors (Lipinski definition) is 6. The molecule has 0 aliphatic heterocycles. The SMILES string of the molecule is CC/C=C\C/C=C\C/C=C\C/C=C\C/C=C\CCC(=O)OC(COC(=O)CCC/C=C\C/C=C\C/C=C\C/C=C\CCCCC)COC(=O)CCCCCCC/C=C\CCCC. The predicted molar refractivity (Wildman–Crippen MR) is 265 cm³/mol. The molecule has 6 heteroatoms. The van der Waals surface area contributed by atoms with E-state index in [1.54, 1.807) is 0 Å². The first-order valence-corrected chi connectivity index (χ1v) is 24.5. The summed E-state index contributed by atoms with van der Waals surface area (Å²) in [5.74, 6) is -1.10. The van der Waals surface area contributed by atoms with Gasteiger partial charge in [-0.05, 0) is 109 Å². The van der Waals surface area contributed by atoms with Crippen LogP contribution in [-0.4, -0.2) is 37.2 Å². The van der Waals surface area contributed by atoms with Gasteiger partial charge in [-0.15, -0.1) is 0 Å². The number of hydrogen-bond donors (Lipinski definition) is 0. The van der Waals surface area contributed by atoms with Crippen molar-refractivity contribution < 1.29 is 28.6 Å². The fourth-order valence-electron chi connectivity index (χ4n) is 5.99. The van der Waals surface area contributed by atoms with Crippen molar-refractivity contribution >= 4 is 17.9 Å². The van der Waals surface area contributed by atoms with Crippen LogP contribution in [0.2, 0.25) is 0 Å². The summed E-state index contributed by atoms with van der Waals surface area (Å²) in [4.78, 5) is 37.8. The number of allylic oxidation sites excluding steroid dienone is 20. The van der Waals surface area contributed by atoms with Gasteiger partial charge >= 0.3 is 17.9 Å². The molecule has 0 bridgehead atoms. The highest BCUT2D eigenvalue weighted by Gasteiger charge is 2.19. The lowest BCUT2D eigenvalue weighted by Crippen LogP contribution is -2.30. The lowest BCUT2D eigenvalue weighted by Gasteiger charge is -2.18. The smallest absolute Gasteiger partial charge is 0.306 e. The van der Waals surface area contributed by atoms with Gasteiger partial charge in [-0.3, -0.25) is 14.4 Å². The van der Waals surface area contributed by atoms with Crippen LogP contribution in [0.3, 0.4) is 0 Å². The van der Waals surface area contributed by atoms with E-state index in [4.69, 9.17) is 14.2 Å². The molecule has 1 atom stereocenters. The molecule has 0 radical (unpaired) electrons. The van der Waals surface area contributed by atoms with Gasteiger partial charge in [0.1, 0.15) is 13.2 Å².